The van der Waals surface area contributed by atoms with Crippen LogP contribution >= 0.6 is 35.0 Å². The fourth-order valence-corrected chi connectivity index (χ4v) is 4.42. The van der Waals surface area contributed by atoms with Gasteiger partial charge >= 0.3 is 0 Å². The molecule has 1 atom stereocenters. The third-order valence-electron chi connectivity index (χ3n) is 5.06. The van der Waals surface area contributed by atoms with E-state index in [0.29, 0.717) is 21.0 Å². The van der Waals surface area contributed by atoms with Crippen molar-refractivity contribution in [3.05, 3.63) is 88.2 Å². The Hall–Kier alpha value is -2.87. The quantitative estimate of drug-likeness (QED) is 0.321. The molecule has 0 saturated heterocycles. The number of pyridine rings is 1. The van der Waals surface area contributed by atoms with Gasteiger partial charge in [0.1, 0.15) is 0 Å². The van der Waals surface area contributed by atoms with Gasteiger partial charge in [-0.1, -0.05) is 59.2 Å². The zero-order valence-corrected chi connectivity index (χ0v) is 20.3. The first-order chi connectivity index (χ1) is 15.9. The maximum atomic E-state index is 12.7. The number of benzene rings is 2. The molecule has 0 radical (unpaired) electrons. The molecule has 2 aromatic carbocycles. The molecule has 4 aromatic rings. The minimum Gasteiger partial charge on any atom is -0.349 e. The lowest BCUT2D eigenvalue weighted by atomic mass is 10.1. The molecule has 4 rings (SSSR count). The monoisotopic (exact) mass is 497 g/mol. The van der Waals surface area contributed by atoms with Crippen LogP contribution in [0.15, 0.2) is 72.1 Å². The predicted octanol–water partition coefficient (Wildman–Crippen LogP) is 5.91. The number of nitrogens with zero attached hydrogens (tertiary/aromatic N) is 4. The topological polar surface area (TPSA) is 72.7 Å². The second-order valence-electron chi connectivity index (χ2n) is 7.42. The van der Waals surface area contributed by atoms with Crippen LogP contribution in [0.5, 0.6) is 0 Å². The smallest absolute Gasteiger partial charge is 0.230 e. The minimum atomic E-state index is -0.215. The maximum absolute atomic E-state index is 12.7. The van der Waals surface area contributed by atoms with Crippen molar-refractivity contribution in [2.24, 2.45) is 0 Å². The van der Waals surface area contributed by atoms with E-state index in [2.05, 4.69) is 20.5 Å². The number of hydrogen-bond donors (Lipinski definition) is 1. The van der Waals surface area contributed by atoms with Gasteiger partial charge in [-0.2, -0.15) is 0 Å². The zero-order valence-electron chi connectivity index (χ0n) is 18.0. The molecule has 9 heteroatoms. The molecule has 0 fully saturated rings. The lowest BCUT2D eigenvalue weighted by Crippen LogP contribution is -2.28. The molecular weight excluding hydrogens is 477 g/mol. The molecule has 1 unspecified atom stereocenters. The Bertz CT molecular complexity index is 1280. The molecule has 0 bridgehead atoms. The summed E-state index contributed by atoms with van der Waals surface area (Å²) in [6.07, 6.45) is 3.46. The Morgan fingerprint density at radius 1 is 1.09 bits per heavy atom. The molecule has 0 spiro atoms. The number of carbonyl (C=O) groups is 1. The number of aryl methyl sites for hydroxylation is 1. The summed E-state index contributed by atoms with van der Waals surface area (Å²) in [4.78, 5) is 16.9. The van der Waals surface area contributed by atoms with E-state index >= 15 is 0 Å². The highest BCUT2D eigenvalue weighted by atomic mass is 35.5. The van der Waals surface area contributed by atoms with E-state index in [4.69, 9.17) is 23.2 Å². The SMILES string of the molecule is Cc1ccccc1-n1c(SCC(=O)NC(C)c2ccc(Cl)c(Cl)c2)nnc1-c1cccnc1. The minimum absolute atomic E-state index is 0.124. The van der Waals surface area contributed by atoms with Crippen molar-refractivity contribution in [2.75, 3.05) is 5.75 Å². The molecule has 2 aromatic heterocycles. The third-order valence-corrected chi connectivity index (χ3v) is 6.73. The van der Waals surface area contributed by atoms with E-state index in [1.54, 1.807) is 24.5 Å². The number of amides is 1. The Kier molecular flexibility index (Phi) is 7.33. The van der Waals surface area contributed by atoms with Crippen LogP contribution in [0.4, 0.5) is 0 Å². The Morgan fingerprint density at radius 2 is 1.91 bits per heavy atom. The molecule has 0 aliphatic heterocycles. The highest BCUT2D eigenvalue weighted by Gasteiger charge is 2.19. The van der Waals surface area contributed by atoms with Gasteiger partial charge in [0, 0.05) is 18.0 Å². The predicted molar refractivity (Wildman–Crippen MR) is 133 cm³/mol. The third kappa shape index (κ3) is 5.38. The molecule has 1 amide bonds. The second-order valence-corrected chi connectivity index (χ2v) is 9.18. The normalized spacial score (nSPS) is 11.9. The van der Waals surface area contributed by atoms with Crippen LogP contribution < -0.4 is 5.32 Å². The number of aromatic nitrogens is 4. The summed E-state index contributed by atoms with van der Waals surface area (Å²) in [6.45, 7) is 3.93. The summed E-state index contributed by atoms with van der Waals surface area (Å²) >= 11 is 13.4. The number of halogens is 2. The summed E-state index contributed by atoms with van der Waals surface area (Å²) in [5, 5.41) is 13.3. The molecular formula is C24H21Cl2N5OS. The molecule has 0 aliphatic rings. The molecule has 2 heterocycles. The van der Waals surface area contributed by atoms with Crippen molar-refractivity contribution in [1.29, 1.82) is 0 Å². The van der Waals surface area contributed by atoms with Gasteiger partial charge in [-0.05, 0) is 55.3 Å². The van der Waals surface area contributed by atoms with Crippen molar-refractivity contribution < 1.29 is 4.79 Å². The van der Waals surface area contributed by atoms with Gasteiger partial charge in [0.2, 0.25) is 5.91 Å². The van der Waals surface area contributed by atoms with Gasteiger partial charge in [0.25, 0.3) is 0 Å². The maximum Gasteiger partial charge on any atom is 0.230 e. The molecule has 1 N–H and O–H groups in total. The number of hydrogen-bond acceptors (Lipinski definition) is 5. The molecule has 168 valence electrons. The van der Waals surface area contributed by atoms with Crippen LogP contribution in [0, 0.1) is 6.92 Å². The Morgan fingerprint density at radius 3 is 2.64 bits per heavy atom. The fraction of sp³-hybridized carbons (Fsp3) is 0.167. The van der Waals surface area contributed by atoms with Crippen molar-refractivity contribution in [3.63, 3.8) is 0 Å². The average Bonchev–Trinajstić information content (AvgIpc) is 3.24. The first-order valence-electron chi connectivity index (χ1n) is 10.2. The van der Waals surface area contributed by atoms with Gasteiger partial charge in [-0.15, -0.1) is 10.2 Å². The van der Waals surface area contributed by atoms with Crippen LogP contribution in [0.25, 0.3) is 17.1 Å². The van der Waals surface area contributed by atoms with E-state index in [1.165, 1.54) is 11.8 Å². The van der Waals surface area contributed by atoms with E-state index in [1.807, 2.05) is 60.9 Å². The number of nitrogens with one attached hydrogen (secondary N) is 1. The van der Waals surface area contributed by atoms with Crippen molar-refractivity contribution in [3.8, 4) is 17.1 Å². The second kappa shape index (κ2) is 10.4. The standard InChI is InChI=1S/C24H21Cl2N5OS/c1-15-6-3-4-8-21(15)31-23(18-7-5-11-27-13-18)29-30-24(31)33-14-22(32)28-16(2)17-9-10-19(25)20(26)12-17/h3-13,16H,14H2,1-2H3,(H,28,32). The van der Waals surface area contributed by atoms with Gasteiger partial charge in [0.05, 0.1) is 27.5 Å². The van der Waals surface area contributed by atoms with Crippen molar-refractivity contribution in [1.82, 2.24) is 25.1 Å². The lowest BCUT2D eigenvalue weighted by Gasteiger charge is -2.15. The van der Waals surface area contributed by atoms with E-state index in [9.17, 15) is 4.79 Å². The van der Waals surface area contributed by atoms with Crippen molar-refractivity contribution >= 4 is 40.9 Å². The summed E-state index contributed by atoms with van der Waals surface area (Å²) in [7, 11) is 0. The van der Waals surface area contributed by atoms with Gasteiger partial charge in [0.15, 0.2) is 11.0 Å². The number of para-hydroxylation sites is 1. The van der Waals surface area contributed by atoms with E-state index in [0.717, 1.165) is 22.4 Å². The Balaban J connectivity index is 1.54. The summed E-state index contributed by atoms with van der Waals surface area (Å²) in [5.41, 5.74) is 3.75. The van der Waals surface area contributed by atoms with Gasteiger partial charge in [-0.25, -0.2) is 0 Å². The molecule has 33 heavy (non-hydrogen) atoms. The first kappa shape index (κ1) is 23.3. The molecule has 0 saturated carbocycles. The Labute approximate surface area is 206 Å². The van der Waals surface area contributed by atoms with Crippen LogP contribution in [-0.2, 0) is 4.79 Å². The summed E-state index contributed by atoms with van der Waals surface area (Å²) < 4.78 is 1.96. The van der Waals surface area contributed by atoms with Crippen LogP contribution in [0.1, 0.15) is 24.1 Å². The van der Waals surface area contributed by atoms with Crippen molar-refractivity contribution in [2.45, 2.75) is 25.0 Å². The number of rotatable bonds is 7. The number of thioether (sulfide) groups is 1. The number of carbonyl (C=O) groups excluding carboxylic acids is 1. The molecule has 0 aliphatic carbocycles. The van der Waals surface area contributed by atoms with Crippen LogP contribution in [0.2, 0.25) is 10.0 Å². The van der Waals surface area contributed by atoms with Crippen LogP contribution in [-0.4, -0.2) is 31.4 Å². The van der Waals surface area contributed by atoms with Gasteiger partial charge in [-0.3, -0.25) is 14.3 Å². The highest BCUT2D eigenvalue weighted by molar-refractivity contribution is 7.99. The fourth-order valence-electron chi connectivity index (χ4n) is 3.36. The zero-order chi connectivity index (χ0) is 23.4. The van der Waals surface area contributed by atoms with Crippen LogP contribution in [0.3, 0.4) is 0 Å². The molecule has 6 nitrogen and oxygen atoms in total. The largest absolute Gasteiger partial charge is 0.349 e. The first-order valence-corrected chi connectivity index (χ1v) is 12.0. The summed E-state index contributed by atoms with van der Waals surface area (Å²) in [5.74, 6) is 0.730. The van der Waals surface area contributed by atoms with Gasteiger partial charge < -0.3 is 5.32 Å². The summed E-state index contributed by atoms with van der Waals surface area (Å²) in [6, 6.07) is 16.9. The van der Waals surface area contributed by atoms with E-state index in [-0.39, 0.29) is 17.7 Å². The lowest BCUT2D eigenvalue weighted by molar-refractivity contribution is -0.119. The highest BCUT2D eigenvalue weighted by Crippen LogP contribution is 2.29. The van der Waals surface area contributed by atoms with E-state index < -0.39 is 0 Å². The average molecular weight is 498 g/mol.